The molecule has 1 saturated carbocycles. The molecule has 5 nitrogen and oxygen atoms in total. The molecule has 0 bridgehead atoms. The maximum atomic E-state index is 11.7. The SMILES string of the molecule is C=CC1CC1(C(=O)O)C(=O)OCCNCCC. The molecule has 1 aliphatic carbocycles. The number of carboxylic acids is 1. The lowest BCUT2D eigenvalue weighted by molar-refractivity contribution is -0.161. The van der Waals surface area contributed by atoms with Gasteiger partial charge in [-0.1, -0.05) is 13.0 Å². The van der Waals surface area contributed by atoms with Gasteiger partial charge in [0.25, 0.3) is 0 Å². The number of carbonyl (C=O) groups excluding carboxylic acids is 1. The predicted octanol–water partition coefficient (Wildman–Crippen LogP) is 0.806. The largest absolute Gasteiger partial charge is 0.480 e. The van der Waals surface area contributed by atoms with Crippen molar-refractivity contribution >= 4 is 11.9 Å². The monoisotopic (exact) mass is 241 g/mol. The molecule has 0 amide bonds. The fraction of sp³-hybridized carbons (Fsp3) is 0.667. The van der Waals surface area contributed by atoms with E-state index in [-0.39, 0.29) is 12.5 Å². The molecule has 0 aromatic rings. The second-order valence-corrected chi connectivity index (χ2v) is 4.21. The van der Waals surface area contributed by atoms with Crippen molar-refractivity contribution < 1.29 is 19.4 Å². The number of ether oxygens (including phenoxy) is 1. The molecule has 0 aromatic carbocycles. The molecular weight excluding hydrogens is 222 g/mol. The zero-order chi connectivity index (χ0) is 12.9. The topological polar surface area (TPSA) is 75.6 Å². The molecule has 17 heavy (non-hydrogen) atoms. The third-order valence-corrected chi connectivity index (χ3v) is 2.98. The molecule has 2 N–H and O–H groups in total. The molecule has 1 fully saturated rings. The number of rotatable bonds is 8. The van der Waals surface area contributed by atoms with Crippen LogP contribution in [0.4, 0.5) is 0 Å². The molecule has 5 heteroatoms. The van der Waals surface area contributed by atoms with Crippen molar-refractivity contribution in [1.82, 2.24) is 5.32 Å². The molecule has 0 saturated heterocycles. The number of carbonyl (C=O) groups is 2. The summed E-state index contributed by atoms with van der Waals surface area (Å²) in [5.41, 5.74) is -1.37. The van der Waals surface area contributed by atoms with Gasteiger partial charge in [0, 0.05) is 12.5 Å². The van der Waals surface area contributed by atoms with Gasteiger partial charge in [-0.3, -0.25) is 9.59 Å². The van der Waals surface area contributed by atoms with Crippen molar-refractivity contribution in [3.63, 3.8) is 0 Å². The van der Waals surface area contributed by atoms with Crippen molar-refractivity contribution in [3.05, 3.63) is 12.7 Å². The highest BCUT2D eigenvalue weighted by atomic mass is 16.5. The van der Waals surface area contributed by atoms with E-state index in [9.17, 15) is 9.59 Å². The van der Waals surface area contributed by atoms with Gasteiger partial charge in [-0.15, -0.1) is 6.58 Å². The zero-order valence-corrected chi connectivity index (χ0v) is 10.1. The first-order valence-corrected chi connectivity index (χ1v) is 5.83. The summed E-state index contributed by atoms with van der Waals surface area (Å²) in [4.78, 5) is 22.8. The van der Waals surface area contributed by atoms with E-state index in [1.807, 2.05) is 6.92 Å². The van der Waals surface area contributed by atoms with E-state index in [1.54, 1.807) is 0 Å². The van der Waals surface area contributed by atoms with Gasteiger partial charge < -0.3 is 15.2 Å². The summed E-state index contributed by atoms with van der Waals surface area (Å²) in [5, 5.41) is 12.1. The van der Waals surface area contributed by atoms with Crippen molar-refractivity contribution in [3.8, 4) is 0 Å². The Labute approximate surface area is 101 Å². The summed E-state index contributed by atoms with van der Waals surface area (Å²) in [5.74, 6) is -2.06. The Morgan fingerprint density at radius 1 is 1.59 bits per heavy atom. The van der Waals surface area contributed by atoms with Crippen LogP contribution in [0, 0.1) is 11.3 Å². The highest BCUT2D eigenvalue weighted by molar-refractivity contribution is 6.03. The van der Waals surface area contributed by atoms with Gasteiger partial charge in [0.15, 0.2) is 5.41 Å². The third-order valence-electron chi connectivity index (χ3n) is 2.98. The van der Waals surface area contributed by atoms with Crippen LogP contribution in [-0.4, -0.2) is 36.7 Å². The summed E-state index contributed by atoms with van der Waals surface area (Å²) in [6.07, 6.45) is 2.81. The van der Waals surface area contributed by atoms with Crippen LogP contribution in [0.25, 0.3) is 0 Å². The van der Waals surface area contributed by atoms with E-state index in [2.05, 4.69) is 11.9 Å². The lowest BCUT2D eigenvalue weighted by atomic mass is 10.0. The molecule has 2 atom stereocenters. The van der Waals surface area contributed by atoms with Crippen molar-refractivity contribution in [2.24, 2.45) is 11.3 Å². The van der Waals surface area contributed by atoms with Crippen molar-refractivity contribution in [2.45, 2.75) is 19.8 Å². The van der Waals surface area contributed by atoms with Gasteiger partial charge in [-0.2, -0.15) is 0 Å². The Balaban J connectivity index is 2.36. The van der Waals surface area contributed by atoms with E-state index in [4.69, 9.17) is 9.84 Å². The van der Waals surface area contributed by atoms with E-state index < -0.39 is 17.4 Å². The number of allylic oxidation sites excluding steroid dienone is 1. The fourth-order valence-electron chi connectivity index (χ4n) is 1.79. The van der Waals surface area contributed by atoms with Gasteiger partial charge in [-0.05, 0) is 19.4 Å². The average Bonchev–Trinajstić information content (AvgIpc) is 3.04. The van der Waals surface area contributed by atoms with Crippen LogP contribution >= 0.6 is 0 Å². The minimum Gasteiger partial charge on any atom is -0.480 e. The number of nitrogens with one attached hydrogen (secondary N) is 1. The Kier molecular flexibility index (Phi) is 4.69. The minimum atomic E-state index is -1.37. The fourth-order valence-corrected chi connectivity index (χ4v) is 1.79. The summed E-state index contributed by atoms with van der Waals surface area (Å²) in [6, 6.07) is 0. The van der Waals surface area contributed by atoms with Crippen molar-refractivity contribution in [2.75, 3.05) is 19.7 Å². The third kappa shape index (κ3) is 2.85. The Hall–Kier alpha value is -1.36. The smallest absolute Gasteiger partial charge is 0.324 e. The summed E-state index contributed by atoms with van der Waals surface area (Å²) in [6.45, 7) is 7.17. The standard InChI is InChI=1S/C12H19NO4/c1-3-5-13-6-7-17-11(16)12(10(14)15)8-9(12)4-2/h4,9,13H,2-3,5-8H2,1H3,(H,14,15). The van der Waals surface area contributed by atoms with Crippen molar-refractivity contribution in [1.29, 1.82) is 0 Å². The quantitative estimate of drug-likeness (QED) is 0.284. The number of hydrogen-bond donors (Lipinski definition) is 2. The van der Waals surface area contributed by atoms with Crippen LogP contribution in [0.3, 0.4) is 0 Å². The maximum Gasteiger partial charge on any atom is 0.324 e. The number of esters is 1. The Morgan fingerprint density at radius 3 is 2.76 bits per heavy atom. The first-order chi connectivity index (χ1) is 8.09. The van der Waals surface area contributed by atoms with E-state index in [0.29, 0.717) is 13.0 Å². The maximum absolute atomic E-state index is 11.7. The molecule has 1 aliphatic rings. The van der Waals surface area contributed by atoms with Gasteiger partial charge in [-0.25, -0.2) is 0 Å². The van der Waals surface area contributed by atoms with E-state index >= 15 is 0 Å². The lowest BCUT2D eigenvalue weighted by Gasteiger charge is -2.11. The second-order valence-electron chi connectivity index (χ2n) is 4.21. The number of hydrogen-bond acceptors (Lipinski definition) is 4. The summed E-state index contributed by atoms with van der Waals surface area (Å²) < 4.78 is 4.98. The molecule has 0 aliphatic heterocycles. The van der Waals surface area contributed by atoms with Crippen LogP contribution < -0.4 is 5.32 Å². The van der Waals surface area contributed by atoms with Crippen LogP contribution in [0.15, 0.2) is 12.7 Å². The Bertz CT molecular complexity index is 316. The van der Waals surface area contributed by atoms with Gasteiger partial charge in [0.1, 0.15) is 6.61 Å². The highest BCUT2D eigenvalue weighted by Crippen LogP contribution is 2.54. The van der Waals surface area contributed by atoms with Crippen LogP contribution in [-0.2, 0) is 14.3 Å². The molecule has 0 heterocycles. The molecule has 1 rings (SSSR count). The van der Waals surface area contributed by atoms with E-state index in [1.165, 1.54) is 6.08 Å². The molecular formula is C12H19NO4. The van der Waals surface area contributed by atoms with Gasteiger partial charge >= 0.3 is 11.9 Å². The van der Waals surface area contributed by atoms with Gasteiger partial charge in [0.2, 0.25) is 0 Å². The normalized spacial score (nSPS) is 26.3. The molecule has 0 radical (unpaired) electrons. The number of carboxylic acid groups (broad SMARTS) is 1. The lowest BCUT2D eigenvalue weighted by Crippen LogP contribution is -2.31. The highest BCUT2D eigenvalue weighted by Gasteiger charge is 2.66. The van der Waals surface area contributed by atoms with Crippen LogP contribution in [0.5, 0.6) is 0 Å². The van der Waals surface area contributed by atoms with Crippen LogP contribution in [0.2, 0.25) is 0 Å². The molecule has 96 valence electrons. The van der Waals surface area contributed by atoms with Gasteiger partial charge in [0.05, 0.1) is 0 Å². The average molecular weight is 241 g/mol. The summed E-state index contributed by atoms with van der Waals surface area (Å²) >= 11 is 0. The zero-order valence-electron chi connectivity index (χ0n) is 10.1. The molecule has 0 spiro atoms. The second kappa shape index (κ2) is 5.82. The van der Waals surface area contributed by atoms with E-state index in [0.717, 1.165) is 13.0 Å². The van der Waals surface area contributed by atoms with Crippen LogP contribution in [0.1, 0.15) is 19.8 Å². The predicted molar refractivity (Wildman–Crippen MR) is 62.5 cm³/mol. The minimum absolute atomic E-state index is 0.206. The Morgan fingerprint density at radius 2 is 2.29 bits per heavy atom. The first kappa shape index (κ1) is 13.7. The molecule has 2 unspecified atom stereocenters. The first-order valence-electron chi connectivity index (χ1n) is 5.83. The molecule has 0 aromatic heterocycles. The number of aliphatic carboxylic acids is 1. The summed E-state index contributed by atoms with van der Waals surface area (Å²) in [7, 11) is 0.